The summed E-state index contributed by atoms with van der Waals surface area (Å²) in [5.74, 6) is 1.55. The second-order valence-electron chi connectivity index (χ2n) is 12.7. The fraction of sp³-hybridized carbons (Fsp3) is 0.0204. The minimum atomic E-state index is 0.767. The molecule has 6 aromatic carbocycles. The molecular weight excluding hydrogens is 635 g/mol. The van der Waals surface area contributed by atoms with Crippen LogP contribution in [0.15, 0.2) is 205 Å². The first kappa shape index (κ1) is 32.4. The summed E-state index contributed by atoms with van der Waals surface area (Å²) in [6, 6.07) is 50.0. The van der Waals surface area contributed by atoms with Gasteiger partial charge in [0.2, 0.25) is 0 Å². The Morgan fingerprint density at radius 1 is 0.635 bits per heavy atom. The van der Waals surface area contributed by atoms with Crippen LogP contribution >= 0.6 is 0 Å². The number of para-hydroxylation sites is 3. The van der Waals surface area contributed by atoms with Gasteiger partial charge < -0.3 is 14.1 Å². The van der Waals surface area contributed by atoms with Gasteiger partial charge in [-0.15, -0.1) is 0 Å². The molecule has 1 aliphatic heterocycles. The molecule has 0 atom stereocenters. The third kappa shape index (κ3) is 6.32. The lowest BCUT2D eigenvalue weighted by Gasteiger charge is -2.27. The molecule has 0 fully saturated rings. The molecule has 1 aromatic heterocycles. The van der Waals surface area contributed by atoms with Gasteiger partial charge in [0.05, 0.1) is 0 Å². The highest BCUT2D eigenvalue weighted by atomic mass is 16.5. The zero-order chi connectivity index (χ0) is 35.4. The number of nitrogens with zero attached hydrogens (tertiary/aromatic N) is 1. The van der Waals surface area contributed by atoms with Crippen molar-refractivity contribution in [2.24, 2.45) is 0 Å². The summed E-state index contributed by atoms with van der Waals surface area (Å²) in [6.07, 6.45) is 12.3. The van der Waals surface area contributed by atoms with Gasteiger partial charge in [0.25, 0.3) is 0 Å². The average Bonchev–Trinajstić information content (AvgIpc) is 3.58. The first-order valence-electron chi connectivity index (χ1n) is 17.4. The van der Waals surface area contributed by atoms with Crippen LogP contribution in [0.2, 0.25) is 0 Å². The lowest BCUT2D eigenvalue weighted by Crippen LogP contribution is -2.15. The van der Waals surface area contributed by atoms with Crippen molar-refractivity contribution >= 4 is 50.2 Å². The molecule has 8 rings (SSSR count). The molecule has 3 nitrogen and oxygen atoms in total. The summed E-state index contributed by atoms with van der Waals surface area (Å²) in [6.45, 7) is 10.6. The Kier molecular flexibility index (Phi) is 8.83. The molecule has 0 bridgehead atoms. The van der Waals surface area contributed by atoms with Crippen molar-refractivity contribution < 1.29 is 9.15 Å². The molecule has 52 heavy (non-hydrogen) atoms. The van der Waals surface area contributed by atoms with Crippen molar-refractivity contribution in [3.05, 3.63) is 218 Å². The van der Waals surface area contributed by atoms with E-state index in [9.17, 15) is 0 Å². The molecule has 0 unspecified atom stereocenters. The van der Waals surface area contributed by atoms with Crippen LogP contribution in [0.4, 0.5) is 11.4 Å². The number of anilines is 2. The summed E-state index contributed by atoms with van der Waals surface area (Å²) in [4.78, 5) is 2.26. The van der Waals surface area contributed by atoms with Gasteiger partial charge in [0, 0.05) is 44.5 Å². The first-order valence-corrected chi connectivity index (χ1v) is 17.4. The molecule has 0 amide bonds. The largest absolute Gasteiger partial charge is 0.456 e. The van der Waals surface area contributed by atoms with Crippen LogP contribution in [-0.4, -0.2) is 0 Å². The Morgan fingerprint density at radius 2 is 1.29 bits per heavy atom. The number of fused-ring (bicyclic) bond motifs is 4. The summed E-state index contributed by atoms with van der Waals surface area (Å²) in [5, 5.41) is 2.24. The molecule has 0 radical (unpaired) electrons. The van der Waals surface area contributed by atoms with Crippen LogP contribution < -0.4 is 9.64 Å². The van der Waals surface area contributed by atoms with E-state index in [1.807, 2.05) is 72.8 Å². The van der Waals surface area contributed by atoms with Crippen LogP contribution in [-0.2, 0) is 0 Å². The number of rotatable bonds is 8. The van der Waals surface area contributed by atoms with Gasteiger partial charge in [-0.1, -0.05) is 135 Å². The summed E-state index contributed by atoms with van der Waals surface area (Å²) in [5.41, 5.74) is 11.9. The smallest absolute Gasteiger partial charge is 0.143 e. The van der Waals surface area contributed by atoms with E-state index >= 15 is 0 Å². The van der Waals surface area contributed by atoms with Crippen molar-refractivity contribution in [1.29, 1.82) is 0 Å². The monoisotopic (exact) mass is 671 g/mol. The predicted molar refractivity (Wildman–Crippen MR) is 219 cm³/mol. The molecule has 0 spiro atoms. The second-order valence-corrected chi connectivity index (χ2v) is 12.7. The molecule has 7 aromatic rings. The standard InChI is InChI=1S/C49H37NO2/c1-4-39(29-24-34(2)36-15-6-5-7-16-36)50(41-32-27-38(28-33-41)46-23-12-14-35(3)42-17-8-10-21-47(42)51-46)40-30-25-37(26-31-40)43-19-13-20-45-44-18-9-11-22-48(44)52-49(43)45/h4-33H,2-3H2,1H3/b14-12-,29-24-,39-4+,46-23-. The fourth-order valence-electron chi connectivity index (χ4n) is 6.69. The lowest BCUT2D eigenvalue weighted by atomic mass is 10.0. The topological polar surface area (TPSA) is 25.6 Å². The van der Waals surface area contributed by atoms with E-state index in [1.54, 1.807) is 0 Å². The van der Waals surface area contributed by atoms with Crippen molar-refractivity contribution in [2.45, 2.75) is 6.92 Å². The van der Waals surface area contributed by atoms with E-state index in [-0.39, 0.29) is 0 Å². The Balaban J connectivity index is 1.16. The third-order valence-corrected chi connectivity index (χ3v) is 9.40. The molecule has 0 saturated heterocycles. The minimum absolute atomic E-state index is 0.767. The van der Waals surface area contributed by atoms with Gasteiger partial charge in [0.1, 0.15) is 22.7 Å². The van der Waals surface area contributed by atoms with Crippen LogP contribution in [0.5, 0.6) is 5.75 Å². The zero-order valence-corrected chi connectivity index (χ0v) is 29.0. The summed E-state index contributed by atoms with van der Waals surface area (Å²) < 4.78 is 12.8. The van der Waals surface area contributed by atoms with Crippen LogP contribution in [0.25, 0.3) is 50.0 Å². The quantitative estimate of drug-likeness (QED) is 0.150. The highest BCUT2D eigenvalue weighted by molar-refractivity contribution is 6.09. The van der Waals surface area contributed by atoms with Gasteiger partial charge >= 0.3 is 0 Å². The maximum Gasteiger partial charge on any atom is 0.143 e. The number of benzene rings is 6. The van der Waals surface area contributed by atoms with Gasteiger partial charge in [-0.2, -0.15) is 0 Å². The van der Waals surface area contributed by atoms with E-state index in [2.05, 4.69) is 134 Å². The van der Waals surface area contributed by atoms with E-state index in [1.165, 1.54) is 0 Å². The molecular formula is C49H37NO2. The Bertz CT molecular complexity index is 2560. The number of ether oxygens (including phenoxy) is 1. The Morgan fingerprint density at radius 3 is 2.06 bits per heavy atom. The van der Waals surface area contributed by atoms with E-state index < -0.39 is 0 Å². The highest BCUT2D eigenvalue weighted by Crippen LogP contribution is 2.39. The number of furan rings is 1. The Hall–Kier alpha value is -6.84. The van der Waals surface area contributed by atoms with Crippen LogP contribution in [0.3, 0.4) is 0 Å². The van der Waals surface area contributed by atoms with Crippen LogP contribution in [0, 0.1) is 0 Å². The molecule has 1 aliphatic rings. The highest BCUT2D eigenvalue weighted by Gasteiger charge is 2.17. The predicted octanol–water partition coefficient (Wildman–Crippen LogP) is 13.6. The minimum Gasteiger partial charge on any atom is -0.456 e. The molecule has 0 aliphatic carbocycles. The normalized spacial score (nSPS) is 14.7. The first-order chi connectivity index (χ1) is 25.6. The van der Waals surface area contributed by atoms with Gasteiger partial charge in [-0.3, -0.25) is 0 Å². The van der Waals surface area contributed by atoms with Gasteiger partial charge in [0.15, 0.2) is 0 Å². The van der Waals surface area contributed by atoms with Crippen molar-refractivity contribution in [2.75, 3.05) is 4.90 Å². The maximum atomic E-state index is 6.45. The summed E-state index contributed by atoms with van der Waals surface area (Å²) in [7, 11) is 0. The molecule has 0 N–H and O–H groups in total. The van der Waals surface area contributed by atoms with Crippen molar-refractivity contribution in [1.82, 2.24) is 0 Å². The number of hydrogen-bond donors (Lipinski definition) is 0. The Labute approximate surface area is 304 Å². The van der Waals surface area contributed by atoms with E-state index in [4.69, 9.17) is 9.15 Å². The summed E-state index contributed by atoms with van der Waals surface area (Å²) >= 11 is 0. The zero-order valence-electron chi connectivity index (χ0n) is 29.0. The fourth-order valence-corrected chi connectivity index (χ4v) is 6.69. The third-order valence-electron chi connectivity index (χ3n) is 9.40. The van der Waals surface area contributed by atoms with Gasteiger partial charge in [-0.25, -0.2) is 0 Å². The number of hydrogen-bond acceptors (Lipinski definition) is 3. The van der Waals surface area contributed by atoms with Crippen LogP contribution in [0.1, 0.15) is 23.6 Å². The average molecular weight is 672 g/mol. The number of allylic oxidation sites excluding steroid dienone is 8. The molecule has 0 saturated carbocycles. The van der Waals surface area contributed by atoms with Crippen molar-refractivity contribution in [3.63, 3.8) is 0 Å². The SMILES string of the molecule is C=C(/C=C\C(=C/C)N(c1ccc(/C2=C/C=C\C(=C)c3ccccc3O2)cc1)c1ccc(-c2cccc3c2oc2ccccc23)cc1)c1ccccc1. The lowest BCUT2D eigenvalue weighted by molar-refractivity contribution is 0.513. The van der Waals surface area contributed by atoms with Crippen molar-refractivity contribution in [3.8, 4) is 16.9 Å². The van der Waals surface area contributed by atoms with E-state index in [0.29, 0.717) is 0 Å². The second kappa shape index (κ2) is 14.2. The molecule has 2 heterocycles. The molecule has 3 heteroatoms. The van der Waals surface area contributed by atoms with Gasteiger partial charge in [-0.05, 0) is 89.9 Å². The van der Waals surface area contributed by atoms with E-state index in [0.717, 1.165) is 89.5 Å². The molecule has 250 valence electrons. The maximum absolute atomic E-state index is 6.45.